The highest BCUT2D eigenvalue weighted by molar-refractivity contribution is 7.92. The lowest BCUT2D eigenvalue weighted by molar-refractivity contribution is -0.140. The van der Waals surface area contributed by atoms with Gasteiger partial charge >= 0.3 is 0 Å². The summed E-state index contributed by atoms with van der Waals surface area (Å²) in [5, 5.41) is 2.95. The van der Waals surface area contributed by atoms with Gasteiger partial charge < -0.3 is 10.2 Å². The van der Waals surface area contributed by atoms with Gasteiger partial charge in [-0.15, -0.1) is 0 Å². The minimum Gasteiger partial charge on any atom is -0.350 e. The third kappa shape index (κ3) is 8.24. The van der Waals surface area contributed by atoms with Crippen molar-refractivity contribution in [2.45, 2.75) is 45.8 Å². The van der Waals surface area contributed by atoms with Gasteiger partial charge in [-0.05, 0) is 57.5 Å². The lowest BCUT2D eigenvalue weighted by Gasteiger charge is -2.33. The van der Waals surface area contributed by atoms with Crippen LogP contribution in [0.1, 0.15) is 33.3 Å². The number of anilines is 1. The fourth-order valence-electron chi connectivity index (χ4n) is 3.14. The standard InChI is InChI=1S/C23H27Cl3FN3O4S/c1-14(22(32)28-23(2,3)4)29(12-15-6-8-16(27)9-7-15)21(31)13-30(35(5,33)34)20-11-18(25)17(24)10-19(20)26/h6-11,14H,12-13H2,1-5H3,(H,28,32)/t14-/m0/s1. The number of amides is 2. The van der Waals surface area contributed by atoms with E-state index < -0.39 is 45.8 Å². The average molecular weight is 567 g/mol. The van der Waals surface area contributed by atoms with Gasteiger partial charge in [-0.3, -0.25) is 13.9 Å². The van der Waals surface area contributed by atoms with Crippen molar-refractivity contribution in [3.63, 3.8) is 0 Å². The Balaban J connectivity index is 2.47. The zero-order valence-electron chi connectivity index (χ0n) is 19.9. The van der Waals surface area contributed by atoms with Crippen molar-refractivity contribution in [1.29, 1.82) is 0 Å². The maximum absolute atomic E-state index is 13.5. The Morgan fingerprint density at radius 3 is 2.09 bits per heavy atom. The number of hydrogen-bond acceptors (Lipinski definition) is 4. The lowest BCUT2D eigenvalue weighted by Crippen LogP contribution is -2.54. The van der Waals surface area contributed by atoms with Crippen molar-refractivity contribution in [3.05, 3.63) is 62.8 Å². The van der Waals surface area contributed by atoms with Gasteiger partial charge in [-0.2, -0.15) is 0 Å². The monoisotopic (exact) mass is 565 g/mol. The number of nitrogens with one attached hydrogen (secondary N) is 1. The number of carbonyl (C=O) groups is 2. The largest absolute Gasteiger partial charge is 0.350 e. The van der Waals surface area contributed by atoms with Crippen LogP contribution in [0.3, 0.4) is 0 Å². The van der Waals surface area contributed by atoms with E-state index in [1.807, 2.05) is 0 Å². The first kappa shape index (κ1) is 29.2. The molecule has 0 unspecified atom stereocenters. The Labute approximate surface area is 220 Å². The Kier molecular flexibility index (Phi) is 9.44. The van der Waals surface area contributed by atoms with Crippen LogP contribution < -0.4 is 9.62 Å². The number of rotatable bonds is 8. The maximum Gasteiger partial charge on any atom is 0.244 e. The first-order valence-corrected chi connectivity index (χ1v) is 13.5. The van der Waals surface area contributed by atoms with E-state index in [1.165, 1.54) is 48.2 Å². The van der Waals surface area contributed by atoms with E-state index in [4.69, 9.17) is 34.8 Å². The van der Waals surface area contributed by atoms with Crippen molar-refractivity contribution >= 4 is 62.3 Å². The molecule has 35 heavy (non-hydrogen) atoms. The van der Waals surface area contributed by atoms with Crippen LogP contribution in [0.2, 0.25) is 15.1 Å². The van der Waals surface area contributed by atoms with Gasteiger partial charge in [-0.25, -0.2) is 12.8 Å². The average Bonchev–Trinajstić information content (AvgIpc) is 2.71. The van der Waals surface area contributed by atoms with Crippen LogP contribution in [0.5, 0.6) is 0 Å². The summed E-state index contributed by atoms with van der Waals surface area (Å²) in [5.41, 5.74) is -0.0541. The molecule has 0 saturated heterocycles. The zero-order chi connectivity index (χ0) is 26.7. The van der Waals surface area contributed by atoms with Crippen LogP contribution in [-0.2, 0) is 26.2 Å². The van der Waals surface area contributed by atoms with Crippen LogP contribution in [0.25, 0.3) is 0 Å². The van der Waals surface area contributed by atoms with Crippen molar-refractivity contribution in [1.82, 2.24) is 10.2 Å². The summed E-state index contributed by atoms with van der Waals surface area (Å²) in [6, 6.07) is 6.98. The Bertz CT molecular complexity index is 1200. The Morgan fingerprint density at radius 2 is 1.57 bits per heavy atom. The van der Waals surface area contributed by atoms with E-state index >= 15 is 0 Å². The Morgan fingerprint density at radius 1 is 1.03 bits per heavy atom. The molecule has 2 amide bonds. The van der Waals surface area contributed by atoms with E-state index in [-0.39, 0.29) is 27.3 Å². The first-order chi connectivity index (χ1) is 16.0. The van der Waals surface area contributed by atoms with Gasteiger partial charge in [-0.1, -0.05) is 46.9 Å². The molecular weight excluding hydrogens is 540 g/mol. The quantitative estimate of drug-likeness (QED) is 0.461. The highest BCUT2D eigenvalue weighted by atomic mass is 35.5. The molecule has 0 aliphatic rings. The Hall–Kier alpha value is -2.07. The molecule has 2 rings (SSSR count). The molecule has 0 aliphatic carbocycles. The minimum absolute atomic E-state index is 0.0266. The smallest absolute Gasteiger partial charge is 0.244 e. The fourth-order valence-corrected chi connectivity index (χ4v) is 4.69. The van der Waals surface area contributed by atoms with Crippen molar-refractivity contribution in [3.8, 4) is 0 Å². The molecule has 0 fully saturated rings. The van der Waals surface area contributed by atoms with Gasteiger partial charge in [0.25, 0.3) is 0 Å². The summed E-state index contributed by atoms with van der Waals surface area (Å²) in [4.78, 5) is 27.6. The molecular formula is C23H27Cl3FN3O4S. The second-order valence-electron chi connectivity index (χ2n) is 9.05. The maximum atomic E-state index is 13.5. The van der Waals surface area contributed by atoms with Gasteiger partial charge in [0.2, 0.25) is 21.8 Å². The van der Waals surface area contributed by atoms with E-state index in [0.29, 0.717) is 5.56 Å². The molecule has 7 nitrogen and oxygen atoms in total. The van der Waals surface area contributed by atoms with Crippen LogP contribution in [-0.4, -0.2) is 49.5 Å². The number of carbonyl (C=O) groups excluding carboxylic acids is 2. The van der Waals surface area contributed by atoms with E-state index in [2.05, 4.69) is 5.32 Å². The van der Waals surface area contributed by atoms with Gasteiger partial charge in [0.1, 0.15) is 18.4 Å². The molecule has 12 heteroatoms. The molecule has 0 aromatic heterocycles. The lowest BCUT2D eigenvalue weighted by atomic mass is 10.1. The number of nitrogens with zero attached hydrogens (tertiary/aromatic N) is 2. The fraction of sp³-hybridized carbons (Fsp3) is 0.391. The van der Waals surface area contributed by atoms with Crippen LogP contribution >= 0.6 is 34.8 Å². The first-order valence-electron chi connectivity index (χ1n) is 10.5. The number of sulfonamides is 1. The molecule has 0 spiro atoms. The number of benzene rings is 2. The van der Waals surface area contributed by atoms with Crippen LogP contribution in [0, 0.1) is 5.82 Å². The normalized spacial score (nSPS) is 12.7. The van der Waals surface area contributed by atoms with Crippen molar-refractivity contribution < 1.29 is 22.4 Å². The molecule has 0 bridgehead atoms. The number of halogens is 4. The SMILES string of the molecule is C[C@@H](C(=O)NC(C)(C)C)N(Cc1ccc(F)cc1)C(=O)CN(c1cc(Cl)c(Cl)cc1Cl)S(C)(=O)=O. The molecule has 192 valence electrons. The summed E-state index contributed by atoms with van der Waals surface area (Å²) in [6.07, 6.45) is 0.916. The third-order valence-electron chi connectivity index (χ3n) is 4.87. The highest BCUT2D eigenvalue weighted by Crippen LogP contribution is 2.35. The van der Waals surface area contributed by atoms with Crippen molar-refractivity contribution in [2.24, 2.45) is 0 Å². The summed E-state index contributed by atoms with van der Waals surface area (Å²) < 4.78 is 39.4. The van der Waals surface area contributed by atoms with Crippen molar-refractivity contribution in [2.75, 3.05) is 17.1 Å². The minimum atomic E-state index is -4.00. The predicted octanol–water partition coefficient (Wildman–Crippen LogP) is 4.88. The number of hydrogen-bond donors (Lipinski definition) is 1. The van der Waals surface area contributed by atoms with Crippen LogP contribution in [0.4, 0.5) is 10.1 Å². The molecule has 0 heterocycles. The second kappa shape index (κ2) is 11.3. The third-order valence-corrected chi connectivity index (χ3v) is 7.02. The predicted molar refractivity (Wildman–Crippen MR) is 138 cm³/mol. The van der Waals surface area contributed by atoms with E-state index in [1.54, 1.807) is 20.8 Å². The summed E-state index contributed by atoms with van der Waals surface area (Å²) in [7, 11) is -4.00. The van der Waals surface area contributed by atoms with Gasteiger partial charge in [0.05, 0.1) is 27.0 Å². The molecule has 2 aromatic carbocycles. The molecule has 1 N–H and O–H groups in total. The molecule has 0 radical (unpaired) electrons. The topological polar surface area (TPSA) is 86.8 Å². The summed E-state index contributed by atoms with van der Waals surface area (Å²) in [6.45, 7) is 6.18. The highest BCUT2D eigenvalue weighted by Gasteiger charge is 2.32. The molecule has 0 aliphatic heterocycles. The molecule has 1 atom stereocenters. The summed E-state index contributed by atoms with van der Waals surface area (Å²) >= 11 is 18.2. The zero-order valence-corrected chi connectivity index (χ0v) is 23.0. The summed E-state index contributed by atoms with van der Waals surface area (Å²) in [5.74, 6) is -1.58. The molecule has 2 aromatic rings. The molecule has 0 saturated carbocycles. The van der Waals surface area contributed by atoms with E-state index in [9.17, 15) is 22.4 Å². The van der Waals surface area contributed by atoms with Crippen LogP contribution in [0.15, 0.2) is 36.4 Å². The van der Waals surface area contributed by atoms with E-state index in [0.717, 1.165) is 10.6 Å². The van der Waals surface area contributed by atoms with Gasteiger partial charge in [0.15, 0.2) is 0 Å². The second-order valence-corrected chi connectivity index (χ2v) is 12.2. The van der Waals surface area contributed by atoms with Gasteiger partial charge in [0, 0.05) is 12.1 Å².